The van der Waals surface area contributed by atoms with E-state index in [1.807, 2.05) is 30.3 Å². The second-order valence-corrected chi connectivity index (χ2v) is 7.26. The highest BCUT2D eigenvalue weighted by Gasteiger charge is 2.14. The zero-order chi connectivity index (χ0) is 23.2. The molecule has 33 heavy (non-hydrogen) atoms. The molecule has 2 aromatic heterocycles. The van der Waals surface area contributed by atoms with Gasteiger partial charge in [-0.3, -0.25) is 4.68 Å². The summed E-state index contributed by atoms with van der Waals surface area (Å²) in [5, 5.41) is 7.84. The molecule has 0 aliphatic carbocycles. The number of aromatic nitrogens is 5. The quantitative estimate of drug-likeness (QED) is 0.375. The molecule has 0 unspecified atom stereocenters. The number of hydrogen-bond acceptors (Lipinski definition) is 9. The molecule has 168 valence electrons. The summed E-state index contributed by atoms with van der Waals surface area (Å²) in [5.74, 6) is 0.417. The fourth-order valence-corrected chi connectivity index (χ4v) is 3.19. The van der Waals surface area contributed by atoms with Crippen molar-refractivity contribution in [2.45, 2.75) is 13.2 Å². The van der Waals surface area contributed by atoms with E-state index in [0.29, 0.717) is 23.0 Å². The molecule has 0 saturated heterocycles. The number of nitrogens with zero attached hydrogens (tertiary/aromatic N) is 5. The third-order valence-corrected chi connectivity index (χ3v) is 4.91. The van der Waals surface area contributed by atoms with Crippen LogP contribution >= 0.6 is 11.6 Å². The van der Waals surface area contributed by atoms with Crippen LogP contribution in [-0.4, -0.2) is 37.8 Å². The van der Waals surface area contributed by atoms with Crippen LogP contribution in [0.15, 0.2) is 60.9 Å². The molecule has 0 spiro atoms. The molecule has 11 heteroatoms. The Bertz CT molecular complexity index is 1280. The third kappa shape index (κ3) is 5.55. The van der Waals surface area contributed by atoms with Gasteiger partial charge in [0.25, 0.3) is 0 Å². The second-order valence-electron chi connectivity index (χ2n) is 6.85. The van der Waals surface area contributed by atoms with Crippen LogP contribution in [0.5, 0.6) is 5.75 Å². The number of benzene rings is 2. The highest BCUT2D eigenvalue weighted by atomic mass is 35.5. The van der Waals surface area contributed by atoms with Crippen LogP contribution in [-0.2, 0) is 17.9 Å². The number of halogens is 1. The number of nitrogen functional groups attached to an aromatic ring is 1. The maximum Gasteiger partial charge on any atom is 0.341 e. The highest BCUT2D eigenvalue weighted by Crippen LogP contribution is 2.25. The smallest absolute Gasteiger partial charge is 0.341 e. The van der Waals surface area contributed by atoms with Crippen molar-refractivity contribution in [2.75, 3.05) is 18.2 Å². The molecular formula is C22H20ClN7O3. The van der Waals surface area contributed by atoms with Crippen LogP contribution < -0.4 is 15.8 Å². The van der Waals surface area contributed by atoms with E-state index in [1.165, 1.54) is 6.20 Å². The highest BCUT2D eigenvalue weighted by molar-refractivity contribution is 6.31. The number of methoxy groups -OCH3 is 1. The largest absolute Gasteiger partial charge is 0.495 e. The van der Waals surface area contributed by atoms with Gasteiger partial charge in [0.1, 0.15) is 5.75 Å². The first-order valence-electron chi connectivity index (χ1n) is 9.85. The Kier molecular flexibility index (Phi) is 6.65. The van der Waals surface area contributed by atoms with Crippen molar-refractivity contribution in [1.29, 1.82) is 0 Å². The Hall–Kier alpha value is -4.18. The van der Waals surface area contributed by atoms with E-state index in [-0.39, 0.29) is 29.9 Å². The number of esters is 1. The van der Waals surface area contributed by atoms with Crippen molar-refractivity contribution in [3.05, 3.63) is 82.9 Å². The molecule has 10 nitrogen and oxygen atoms in total. The number of carbonyl (C=O) groups excluding carboxylic acids is 1. The Balaban J connectivity index is 1.40. The lowest BCUT2D eigenvalue weighted by atomic mass is 10.2. The minimum atomic E-state index is -0.571. The molecule has 4 aromatic rings. The van der Waals surface area contributed by atoms with Crippen molar-refractivity contribution in [3.8, 4) is 5.75 Å². The van der Waals surface area contributed by atoms with Gasteiger partial charge in [0.05, 0.1) is 31.1 Å². The van der Waals surface area contributed by atoms with E-state index >= 15 is 0 Å². The van der Waals surface area contributed by atoms with Crippen molar-refractivity contribution in [2.24, 2.45) is 0 Å². The minimum absolute atomic E-state index is 0.0130. The van der Waals surface area contributed by atoms with Crippen molar-refractivity contribution in [1.82, 2.24) is 24.7 Å². The molecule has 0 aliphatic rings. The summed E-state index contributed by atoms with van der Waals surface area (Å²) in [6.45, 7) is 0.233. The molecule has 0 atom stereocenters. The summed E-state index contributed by atoms with van der Waals surface area (Å²) in [6, 6.07) is 14.7. The lowest BCUT2D eigenvalue weighted by molar-refractivity contribution is 0.0462. The molecule has 4 rings (SSSR count). The average molecular weight is 466 g/mol. The molecule has 0 aliphatic heterocycles. The van der Waals surface area contributed by atoms with Gasteiger partial charge >= 0.3 is 5.97 Å². The number of carbonyl (C=O) groups is 1. The molecule has 0 saturated carbocycles. The topological polar surface area (TPSA) is 130 Å². The monoisotopic (exact) mass is 465 g/mol. The fourth-order valence-electron chi connectivity index (χ4n) is 3.00. The summed E-state index contributed by atoms with van der Waals surface area (Å²) in [6.07, 6.45) is 3.01. The summed E-state index contributed by atoms with van der Waals surface area (Å²) in [5.41, 5.74) is 7.62. The lowest BCUT2D eigenvalue weighted by Crippen LogP contribution is -2.11. The first kappa shape index (κ1) is 22.0. The fraction of sp³-hybridized carbons (Fsp3) is 0.136. The third-order valence-electron chi connectivity index (χ3n) is 4.54. The van der Waals surface area contributed by atoms with Crippen LogP contribution in [0.1, 0.15) is 21.7 Å². The number of para-hydroxylation sites is 2. The first-order valence-corrected chi connectivity index (χ1v) is 10.2. The minimum Gasteiger partial charge on any atom is -0.495 e. The number of nitrogens with one attached hydrogen (secondary N) is 1. The molecule has 0 amide bonds. The van der Waals surface area contributed by atoms with Crippen LogP contribution in [0.3, 0.4) is 0 Å². The van der Waals surface area contributed by atoms with Gasteiger partial charge in [-0.1, -0.05) is 41.9 Å². The molecule has 2 heterocycles. The maximum atomic E-state index is 12.5. The molecule has 2 aromatic carbocycles. The molecule has 0 fully saturated rings. The van der Waals surface area contributed by atoms with Gasteiger partial charge in [-0.25, -0.2) is 4.79 Å². The zero-order valence-electron chi connectivity index (χ0n) is 17.6. The van der Waals surface area contributed by atoms with E-state index in [9.17, 15) is 4.79 Å². The Morgan fingerprint density at radius 1 is 1.12 bits per heavy atom. The molecular weight excluding hydrogens is 446 g/mol. The van der Waals surface area contributed by atoms with E-state index in [2.05, 4.69) is 25.4 Å². The van der Waals surface area contributed by atoms with E-state index < -0.39 is 5.97 Å². The van der Waals surface area contributed by atoms with Gasteiger partial charge in [0.2, 0.25) is 11.9 Å². The molecule has 0 radical (unpaired) electrons. The first-order chi connectivity index (χ1) is 16.0. The van der Waals surface area contributed by atoms with Crippen molar-refractivity contribution >= 4 is 35.2 Å². The predicted molar refractivity (Wildman–Crippen MR) is 122 cm³/mol. The standard InChI is InChI=1S/C22H20ClN7O3/c1-32-18-9-5-4-8-17(18)26-22-28-19(27-21(24)29-22)13-33-20(31)15-10-25-30(12-15)11-14-6-2-3-7-16(14)23/h2-10,12H,11,13H2,1H3,(H3,24,26,27,28,29). The van der Waals surface area contributed by atoms with Gasteiger partial charge in [-0.05, 0) is 23.8 Å². The van der Waals surface area contributed by atoms with Crippen molar-refractivity contribution < 1.29 is 14.3 Å². The van der Waals surface area contributed by atoms with Crippen LogP contribution in [0.25, 0.3) is 0 Å². The number of ether oxygens (including phenoxy) is 2. The zero-order valence-corrected chi connectivity index (χ0v) is 18.4. The number of anilines is 3. The average Bonchev–Trinajstić information content (AvgIpc) is 3.28. The van der Waals surface area contributed by atoms with Crippen LogP contribution in [0.4, 0.5) is 17.6 Å². The van der Waals surface area contributed by atoms with Gasteiger partial charge < -0.3 is 20.5 Å². The number of hydrogen-bond donors (Lipinski definition) is 2. The van der Waals surface area contributed by atoms with E-state index in [4.69, 9.17) is 26.8 Å². The summed E-state index contributed by atoms with van der Waals surface area (Å²) in [7, 11) is 1.56. The SMILES string of the molecule is COc1ccccc1Nc1nc(N)nc(COC(=O)c2cnn(Cc3ccccc3Cl)c2)n1. The summed E-state index contributed by atoms with van der Waals surface area (Å²) < 4.78 is 12.2. The lowest BCUT2D eigenvalue weighted by Gasteiger charge is -2.10. The maximum absolute atomic E-state index is 12.5. The number of rotatable bonds is 8. The van der Waals surface area contributed by atoms with Crippen LogP contribution in [0, 0.1) is 0 Å². The van der Waals surface area contributed by atoms with Gasteiger partial charge in [0, 0.05) is 11.2 Å². The van der Waals surface area contributed by atoms with E-state index in [1.54, 1.807) is 36.2 Å². The van der Waals surface area contributed by atoms with Gasteiger partial charge in [-0.15, -0.1) is 0 Å². The van der Waals surface area contributed by atoms with Gasteiger partial charge in [0.15, 0.2) is 12.4 Å². The molecule has 0 bridgehead atoms. The predicted octanol–water partition coefficient (Wildman–Crippen LogP) is 3.46. The Labute approximate surface area is 194 Å². The molecule has 3 N–H and O–H groups in total. The Morgan fingerprint density at radius 3 is 2.73 bits per heavy atom. The summed E-state index contributed by atoms with van der Waals surface area (Å²) >= 11 is 6.18. The van der Waals surface area contributed by atoms with Crippen LogP contribution in [0.2, 0.25) is 5.02 Å². The van der Waals surface area contributed by atoms with Gasteiger partial charge in [-0.2, -0.15) is 20.1 Å². The normalized spacial score (nSPS) is 10.6. The number of nitrogens with two attached hydrogens (primary N) is 1. The van der Waals surface area contributed by atoms with E-state index in [0.717, 1.165) is 5.56 Å². The summed E-state index contributed by atoms with van der Waals surface area (Å²) in [4.78, 5) is 24.8. The Morgan fingerprint density at radius 2 is 1.91 bits per heavy atom. The van der Waals surface area contributed by atoms with Crippen molar-refractivity contribution in [3.63, 3.8) is 0 Å². The second kappa shape index (κ2) is 9.96.